The van der Waals surface area contributed by atoms with Crippen LogP contribution in [0.25, 0.3) is 0 Å². The molecule has 0 amide bonds. The molecule has 0 radical (unpaired) electrons. The lowest BCUT2D eigenvalue weighted by molar-refractivity contribution is 0.939. The molecule has 2 aromatic carbocycles. The summed E-state index contributed by atoms with van der Waals surface area (Å²) in [5, 5.41) is 0. The molecule has 0 atom stereocenters. The van der Waals surface area contributed by atoms with E-state index in [1.807, 2.05) is 0 Å². The van der Waals surface area contributed by atoms with Gasteiger partial charge in [0, 0.05) is 0 Å². The monoisotopic (exact) mass is 254 g/mol. The summed E-state index contributed by atoms with van der Waals surface area (Å²) >= 11 is 0. The van der Waals surface area contributed by atoms with Crippen molar-refractivity contribution in [2.45, 2.75) is 47.0 Å². The van der Waals surface area contributed by atoms with E-state index in [1.165, 1.54) is 28.7 Å². The smallest absolute Gasteiger partial charge is 0.0236 e. The maximum Gasteiger partial charge on any atom is -0.0236 e. The van der Waals surface area contributed by atoms with Gasteiger partial charge >= 0.3 is 0 Å². The van der Waals surface area contributed by atoms with Gasteiger partial charge in [-0.15, -0.1) is 0 Å². The third-order valence-electron chi connectivity index (χ3n) is 3.19. The van der Waals surface area contributed by atoms with Crippen molar-refractivity contribution in [2.75, 3.05) is 0 Å². The van der Waals surface area contributed by atoms with Gasteiger partial charge in [0.15, 0.2) is 0 Å². The Balaban J connectivity index is 0.000000550. The molecule has 0 bridgehead atoms. The van der Waals surface area contributed by atoms with Crippen LogP contribution < -0.4 is 0 Å². The van der Waals surface area contributed by atoms with E-state index in [-0.39, 0.29) is 0 Å². The maximum atomic E-state index is 2.23. The summed E-state index contributed by atoms with van der Waals surface area (Å²) in [7, 11) is 0. The zero-order valence-corrected chi connectivity index (χ0v) is 12.7. The largest absolute Gasteiger partial charge is 0.0656 e. The molecule has 0 aromatic heterocycles. The Bertz CT molecular complexity index is 437. The molecule has 0 spiro atoms. The first-order valence-electron chi connectivity index (χ1n) is 7.28. The molecule has 19 heavy (non-hydrogen) atoms. The second-order valence-corrected chi connectivity index (χ2v) is 5.06. The van der Waals surface area contributed by atoms with Crippen LogP contribution in [0.4, 0.5) is 0 Å². The van der Waals surface area contributed by atoms with Crippen LogP contribution in [0.2, 0.25) is 0 Å². The minimum Gasteiger partial charge on any atom is -0.0656 e. The molecule has 0 saturated heterocycles. The van der Waals surface area contributed by atoms with Crippen molar-refractivity contribution < 1.29 is 0 Å². The third kappa shape index (κ3) is 5.30. The fourth-order valence-corrected chi connectivity index (χ4v) is 2.05. The van der Waals surface area contributed by atoms with Crippen molar-refractivity contribution in [1.82, 2.24) is 0 Å². The van der Waals surface area contributed by atoms with Crippen molar-refractivity contribution in [3.63, 3.8) is 0 Å². The standard InChI is InChI=1S/C16H18.C3H8/c1-13-7-3-5-9-15(13)11-12-16-10-6-4-8-14(16)2;1-3-2/h3-10H,11-12H2,1-2H3;3H2,1-2H3. The summed E-state index contributed by atoms with van der Waals surface area (Å²) in [6.45, 7) is 8.63. The fraction of sp³-hybridized carbons (Fsp3) is 0.368. The second kappa shape index (κ2) is 8.53. The Morgan fingerprint density at radius 1 is 0.632 bits per heavy atom. The average Bonchev–Trinajstić information content (AvgIpc) is 2.40. The number of rotatable bonds is 3. The molecule has 0 fully saturated rings. The predicted molar refractivity (Wildman–Crippen MR) is 85.7 cm³/mol. The van der Waals surface area contributed by atoms with E-state index in [1.54, 1.807) is 0 Å². The minimum absolute atomic E-state index is 1.14. The van der Waals surface area contributed by atoms with Crippen LogP contribution in [-0.2, 0) is 12.8 Å². The van der Waals surface area contributed by atoms with E-state index in [9.17, 15) is 0 Å². The molecule has 0 nitrogen and oxygen atoms in total. The summed E-state index contributed by atoms with van der Waals surface area (Å²) in [4.78, 5) is 0. The first-order chi connectivity index (χ1) is 9.19. The third-order valence-corrected chi connectivity index (χ3v) is 3.19. The highest BCUT2D eigenvalue weighted by Crippen LogP contribution is 2.13. The van der Waals surface area contributed by atoms with Crippen molar-refractivity contribution >= 4 is 0 Å². The Morgan fingerprint density at radius 2 is 0.947 bits per heavy atom. The second-order valence-electron chi connectivity index (χ2n) is 5.06. The van der Waals surface area contributed by atoms with E-state index in [0.29, 0.717) is 0 Å². The lowest BCUT2D eigenvalue weighted by Gasteiger charge is -2.07. The topological polar surface area (TPSA) is 0 Å². The normalized spacial score (nSPS) is 9.68. The summed E-state index contributed by atoms with van der Waals surface area (Å²) in [6.07, 6.45) is 3.52. The molecule has 0 aliphatic heterocycles. The molecule has 2 aromatic rings. The number of aryl methyl sites for hydroxylation is 4. The van der Waals surface area contributed by atoms with Gasteiger partial charge in [-0.25, -0.2) is 0 Å². The first kappa shape index (κ1) is 15.5. The van der Waals surface area contributed by atoms with Gasteiger partial charge < -0.3 is 0 Å². The van der Waals surface area contributed by atoms with Crippen LogP contribution in [0.1, 0.15) is 42.5 Å². The molecular formula is C19H26. The quantitative estimate of drug-likeness (QED) is 0.678. The Labute approximate surface area is 118 Å². The number of hydrogen-bond acceptors (Lipinski definition) is 0. The summed E-state index contributed by atoms with van der Waals surface area (Å²) in [6, 6.07) is 17.3. The van der Waals surface area contributed by atoms with Crippen molar-refractivity contribution in [1.29, 1.82) is 0 Å². The van der Waals surface area contributed by atoms with Crippen LogP contribution in [0.15, 0.2) is 48.5 Å². The molecule has 0 heteroatoms. The number of hydrogen-bond donors (Lipinski definition) is 0. The van der Waals surface area contributed by atoms with E-state index in [2.05, 4.69) is 76.2 Å². The molecule has 0 aliphatic carbocycles. The van der Waals surface area contributed by atoms with Gasteiger partial charge in [-0.05, 0) is 48.9 Å². The Hall–Kier alpha value is -1.56. The van der Waals surface area contributed by atoms with Crippen LogP contribution in [0.3, 0.4) is 0 Å². The van der Waals surface area contributed by atoms with Crippen LogP contribution in [0.5, 0.6) is 0 Å². The molecule has 0 heterocycles. The Kier molecular flexibility index (Phi) is 6.95. The molecule has 0 aliphatic rings. The fourth-order valence-electron chi connectivity index (χ4n) is 2.05. The summed E-state index contributed by atoms with van der Waals surface area (Å²) in [5.74, 6) is 0. The maximum absolute atomic E-state index is 2.23. The predicted octanol–water partition coefficient (Wildman–Crippen LogP) is 5.50. The summed E-state index contributed by atoms with van der Waals surface area (Å²) < 4.78 is 0. The van der Waals surface area contributed by atoms with E-state index in [0.717, 1.165) is 12.8 Å². The highest BCUT2D eigenvalue weighted by Gasteiger charge is 2.00. The zero-order chi connectivity index (χ0) is 14.1. The SMILES string of the molecule is CCC.Cc1ccccc1CCc1ccccc1C. The highest BCUT2D eigenvalue weighted by atomic mass is 14.1. The van der Waals surface area contributed by atoms with Crippen LogP contribution in [0, 0.1) is 13.8 Å². The zero-order valence-electron chi connectivity index (χ0n) is 12.7. The first-order valence-corrected chi connectivity index (χ1v) is 7.28. The lowest BCUT2D eigenvalue weighted by atomic mass is 9.98. The molecule has 0 N–H and O–H groups in total. The average molecular weight is 254 g/mol. The van der Waals surface area contributed by atoms with E-state index >= 15 is 0 Å². The Morgan fingerprint density at radius 3 is 1.26 bits per heavy atom. The number of benzene rings is 2. The van der Waals surface area contributed by atoms with Crippen molar-refractivity contribution in [2.24, 2.45) is 0 Å². The van der Waals surface area contributed by atoms with E-state index < -0.39 is 0 Å². The minimum atomic E-state index is 1.14. The lowest BCUT2D eigenvalue weighted by Crippen LogP contribution is -1.95. The van der Waals surface area contributed by atoms with Crippen molar-refractivity contribution in [3.05, 3.63) is 70.8 Å². The van der Waals surface area contributed by atoms with Gasteiger partial charge in [-0.2, -0.15) is 0 Å². The van der Waals surface area contributed by atoms with Crippen LogP contribution >= 0.6 is 0 Å². The van der Waals surface area contributed by atoms with Gasteiger partial charge in [-0.1, -0.05) is 68.8 Å². The molecular weight excluding hydrogens is 228 g/mol. The van der Waals surface area contributed by atoms with Gasteiger partial charge in [0.2, 0.25) is 0 Å². The molecule has 102 valence electrons. The van der Waals surface area contributed by atoms with Gasteiger partial charge in [0.25, 0.3) is 0 Å². The summed E-state index contributed by atoms with van der Waals surface area (Å²) in [5.41, 5.74) is 5.73. The highest BCUT2D eigenvalue weighted by molar-refractivity contribution is 5.30. The molecule has 2 rings (SSSR count). The van der Waals surface area contributed by atoms with E-state index in [4.69, 9.17) is 0 Å². The molecule has 0 unspecified atom stereocenters. The van der Waals surface area contributed by atoms with Crippen molar-refractivity contribution in [3.8, 4) is 0 Å². The van der Waals surface area contributed by atoms with Crippen LogP contribution in [-0.4, -0.2) is 0 Å². The van der Waals surface area contributed by atoms with Gasteiger partial charge in [0.05, 0.1) is 0 Å². The molecule has 0 saturated carbocycles. The van der Waals surface area contributed by atoms with Gasteiger partial charge in [-0.3, -0.25) is 0 Å². The van der Waals surface area contributed by atoms with Gasteiger partial charge in [0.1, 0.15) is 0 Å².